The highest BCUT2D eigenvalue weighted by atomic mass is 79.9. The third kappa shape index (κ3) is 1.73. The number of hydrogen-bond acceptors (Lipinski definition) is 1. The molecule has 1 nitrogen and oxygen atoms in total. The standard InChI is InChI=1S/C11H10BrN/c12-11(7-4-8-13-9-11)10-5-2-1-3-6-10/h1-8H,9H2. The summed E-state index contributed by atoms with van der Waals surface area (Å²) in [4.78, 5) is 4.25. The molecule has 1 aromatic carbocycles. The largest absolute Gasteiger partial charge is 0.291 e. The van der Waals surface area contributed by atoms with Crippen LogP contribution in [0.4, 0.5) is 0 Å². The van der Waals surface area contributed by atoms with Crippen LogP contribution in [-0.4, -0.2) is 12.8 Å². The highest BCUT2D eigenvalue weighted by Crippen LogP contribution is 2.34. The lowest BCUT2D eigenvalue weighted by Crippen LogP contribution is -2.21. The molecule has 0 spiro atoms. The number of dihydropyridines is 1. The van der Waals surface area contributed by atoms with Crippen molar-refractivity contribution in [2.45, 2.75) is 4.32 Å². The maximum atomic E-state index is 4.25. The van der Waals surface area contributed by atoms with Crippen molar-refractivity contribution in [3.05, 3.63) is 48.0 Å². The summed E-state index contributed by atoms with van der Waals surface area (Å²) in [6, 6.07) is 10.3. The Morgan fingerprint density at radius 2 is 2.00 bits per heavy atom. The lowest BCUT2D eigenvalue weighted by atomic mass is 9.97. The first kappa shape index (κ1) is 8.70. The Bertz CT molecular complexity index is 342. The molecule has 0 fully saturated rings. The van der Waals surface area contributed by atoms with Gasteiger partial charge in [-0.3, -0.25) is 4.99 Å². The molecule has 1 heterocycles. The average molecular weight is 236 g/mol. The van der Waals surface area contributed by atoms with E-state index in [-0.39, 0.29) is 4.32 Å². The van der Waals surface area contributed by atoms with Gasteiger partial charge in [0.15, 0.2) is 0 Å². The minimum absolute atomic E-state index is 0.0942. The molecule has 0 radical (unpaired) electrons. The van der Waals surface area contributed by atoms with Crippen LogP contribution in [0.1, 0.15) is 5.56 Å². The zero-order chi connectivity index (χ0) is 9.15. The molecule has 2 rings (SSSR count). The first-order chi connectivity index (χ1) is 6.31. The summed E-state index contributed by atoms with van der Waals surface area (Å²) < 4.78 is -0.0942. The van der Waals surface area contributed by atoms with Crippen molar-refractivity contribution in [2.24, 2.45) is 4.99 Å². The van der Waals surface area contributed by atoms with Crippen molar-refractivity contribution in [2.75, 3.05) is 6.54 Å². The van der Waals surface area contributed by atoms with Crippen molar-refractivity contribution < 1.29 is 0 Å². The first-order valence-corrected chi connectivity index (χ1v) is 5.03. The van der Waals surface area contributed by atoms with E-state index in [1.807, 2.05) is 30.5 Å². The molecule has 0 aromatic heterocycles. The molecule has 0 saturated carbocycles. The summed E-state index contributed by atoms with van der Waals surface area (Å²) in [7, 11) is 0. The maximum Gasteiger partial charge on any atom is 0.0884 e. The van der Waals surface area contributed by atoms with Crippen molar-refractivity contribution in [1.29, 1.82) is 0 Å². The summed E-state index contributed by atoms with van der Waals surface area (Å²) in [6.45, 7) is 0.771. The zero-order valence-corrected chi connectivity index (χ0v) is 8.74. The molecule has 1 atom stereocenters. The summed E-state index contributed by atoms with van der Waals surface area (Å²) >= 11 is 3.70. The molecule has 66 valence electrons. The van der Waals surface area contributed by atoms with Crippen LogP contribution < -0.4 is 0 Å². The van der Waals surface area contributed by atoms with Crippen molar-refractivity contribution in [1.82, 2.24) is 0 Å². The van der Waals surface area contributed by atoms with E-state index in [2.05, 4.69) is 39.1 Å². The fraction of sp³-hybridized carbons (Fsp3) is 0.182. The van der Waals surface area contributed by atoms with Gasteiger partial charge in [-0.05, 0) is 11.6 Å². The maximum absolute atomic E-state index is 4.25. The fourth-order valence-corrected chi connectivity index (χ4v) is 1.96. The minimum Gasteiger partial charge on any atom is -0.291 e. The number of hydrogen-bond donors (Lipinski definition) is 0. The summed E-state index contributed by atoms with van der Waals surface area (Å²) in [5.41, 5.74) is 1.25. The Hall–Kier alpha value is -0.890. The lowest BCUT2D eigenvalue weighted by molar-refractivity contribution is 0.794. The van der Waals surface area contributed by atoms with Crippen molar-refractivity contribution in [3.63, 3.8) is 0 Å². The summed E-state index contributed by atoms with van der Waals surface area (Å²) in [5, 5.41) is 0. The van der Waals surface area contributed by atoms with E-state index >= 15 is 0 Å². The molecule has 0 amide bonds. The molecular weight excluding hydrogens is 226 g/mol. The number of alkyl halides is 1. The van der Waals surface area contributed by atoms with Crippen molar-refractivity contribution >= 4 is 22.1 Å². The number of aliphatic imine (C=N–C) groups is 1. The van der Waals surface area contributed by atoms with Crippen LogP contribution in [0.5, 0.6) is 0 Å². The van der Waals surface area contributed by atoms with Gasteiger partial charge in [0.25, 0.3) is 0 Å². The molecular formula is C11H10BrN. The Morgan fingerprint density at radius 1 is 1.23 bits per heavy atom. The normalized spacial score (nSPS) is 26.2. The van der Waals surface area contributed by atoms with Gasteiger partial charge in [-0.2, -0.15) is 0 Å². The highest BCUT2D eigenvalue weighted by Gasteiger charge is 2.25. The van der Waals surface area contributed by atoms with E-state index in [9.17, 15) is 0 Å². The number of halogens is 1. The van der Waals surface area contributed by atoms with E-state index < -0.39 is 0 Å². The van der Waals surface area contributed by atoms with Gasteiger partial charge in [-0.25, -0.2) is 0 Å². The summed E-state index contributed by atoms with van der Waals surface area (Å²) in [6.07, 6.45) is 5.95. The van der Waals surface area contributed by atoms with Crippen LogP contribution >= 0.6 is 15.9 Å². The van der Waals surface area contributed by atoms with Gasteiger partial charge in [-0.15, -0.1) is 0 Å². The van der Waals surface area contributed by atoms with E-state index in [0.717, 1.165) is 6.54 Å². The van der Waals surface area contributed by atoms with Crippen LogP contribution in [0.3, 0.4) is 0 Å². The van der Waals surface area contributed by atoms with Gasteiger partial charge < -0.3 is 0 Å². The molecule has 0 aliphatic carbocycles. The quantitative estimate of drug-likeness (QED) is 0.665. The van der Waals surface area contributed by atoms with Gasteiger partial charge in [0.05, 0.1) is 10.9 Å². The first-order valence-electron chi connectivity index (χ1n) is 4.23. The monoisotopic (exact) mass is 235 g/mol. The minimum atomic E-state index is -0.0942. The molecule has 0 bridgehead atoms. The molecule has 1 aliphatic rings. The van der Waals surface area contributed by atoms with Crippen molar-refractivity contribution in [3.8, 4) is 0 Å². The van der Waals surface area contributed by atoms with E-state index in [1.165, 1.54) is 5.56 Å². The number of rotatable bonds is 1. The third-order valence-corrected chi connectivity index (χ3v) is 3.10. The highest BCUT2D eigenvalue weighted by molar-refractivity contribution is 9.09. The third-order valence-electron chi connectivity index (χ3n) is 2.13. The summed E-state index contributed by atoms with van der Waals surface area (Å²) in [5.74, 6) is 0. The van der Waals surface area contributed by atoms with Gasteiger partial charge in [0, 0.05) is 6.21 Å². The lowest BCUT2D eigenvalue weighted by Gasteiger charge is -2.23. The Kier molecular flexibility index (Phi) is 2.32. The predicted octanol–water partition coefficient (Wildman–Crippen LogP) is 2.92. The van der Waals surface area contributed by atoms with Crippen LogP contribution in [0.25, 0.3) is 0 Å². The van der Waals surface area contributed by atoms with Crippen LogP contribution in [0.15, 0.2) is 47.5 Å². The topological polar surface area (TPSA) is 12.4 Å². The Balaban J connectivity index is 2.35. The van der Waals surface area contributed by atoms with Gasteiger partial charge >= 0.3 is 0 Å². The second-order valence-electron chi connectivity index (χ2n) is 3.08. The molecule has 0 N–H and O–H groups in total. The van der Waals surface area contributed by atoms with Crippen LogP contribution in [-0.2, 0) is 4.32 Å². The predicted molar refractivity (Wildman–Crippen MR) is 59.5 cm³/mol. The van der Waals surface area contributed by atoms with E-state index in [0.29, 0.717) is 0 Å². The van der Waals surface area contributed by atoms with Gasteiger partial charge in [0.1, 0.15) is 0 Å². The molecule has 2 heteroatoms. The molecule has 1 aromatic rings. The SMILES string of the molecule is BrC1(c2ccccc2)C=CC=NC1. The van der Waals surface area contributed by atoms with E-state index in [1.54, 1.807) is 0 Å². The van der Waals surface area contributed by atoms with E-state index in [4.69, 9.17) is 0 Å². The Morgan fingerprint density at radius 3 is 2.62 bits per heavy atom. The molecule has 1 aliphatic heterocycles. The average Bonchev–Trinajstić information content (AvgIpc) is 2.20. The van der Waals surface area contributed by atoms with Gasteiger partial charge in [0.2, 0.25) is 0 Å². The Labute approximate surface area is 86.3 Å². The zero-order valence-electron chi connectivity index (χ0n) is 7.15. The molecule has 0 saturated heterocycles. The van der Waals surface area contributed by atoms with Gasteiger partial charge in [-0.1, -0.05) is 52.3 Å². The fourth-order valence-electron chi connectivity index (χ4n) is 1.40. The van der Waals surface area contributed by atoms with Crippen LogP contribution in [0, 0.1) is 0 Å². The number of nitrogens with zero attached hydrogens (tertiary/aromatic N) is 1. The second-order valence-corrected chi connectivity index (χ2v) is 4.49. The number of allylic oxidation sites excluding steroid dienone is 1. The molecule has 13 heavy (non-hydrogen) atoms. The second kappa shape index (κ2) is 3.46. The number of benzene rings is 1. The van der Waals surface area contributed by atoms with Crippen LogP contribution in [0.2, 0.25) is 0 Å². The smallest absolute Gasteiger partial charge is 0.0884 e. The molecule has 1 unspecified atom stereocenters.